The van der Waals surface area contributed by atoms with E-state index in [1.165, 1.54) is 4.90 Å². The van der Waals surface area contributed by atoms with Crippen molar-refractivity contribution in [2.45, 2.75) is 32.9 Å². The van der Waals surface area contributed by atoms with E-state index in [0.29, 0.717) is 39.3 Å². The first-order valence-corrected chi connectivity index (χ1v) is 10.4. The first kappa shape index (κ1) is 23.3. The molecule has 8 heteroatoms. The van der Waals surface area contributed by atoms with Gasteiger partial charge in [-0.1, -0.05) is 47.8 Å². The summed E-state index contributed by atoms with van der Waals surface area (Å²) in [4.78, 5) is 27.0. The number of hydrogen-bond donors (Lipinski definition) is 1. The monoisotopic (exact) mass is 456 g/mol. The molecule has 0 aliphatic rings. The summed E-state index contributed by atoms with van der Waals surface area (Å²) >= 11 is 18.4. The molecule has 0 unspecified atom stereocenters. The average molecular weight is 458 g/mol. The fraction of sp³-hybridized carbons (Fsp3) is 0.333. The van der Waals surface area contributed by atoms with Crippen LogP contribution in [0.3, 0.4) is 0 Å². The smallest absolute Gasteiger partial charge is 0.261 e. The molecule has 0 aromatic heterocycles. The Balaban J connectivity index is 2.25. The molecule has 0 radical (unpaired) electrons. The van der Waals surface area contributed by atoms with Crippen LogP contribution in [0.4, 0.5) is 0 Å². The summed E-state index contributed by atoms with van der Waals surface area (Å²) in [6, 6.07) is 11.1. The van der Waals surface area contributed by atoms with E-state index in [2.05, 4.69) is 5.32 Å². The van der Waals surface area contributed by atoms with Crippen molar-refractivity contribution in [3.8, 4) is 5.75 Å². The van der Waals surface area contributed by atoms with Crippen molar-refractivity contribution in [2.24, 2.45) is 0 Å². The quantitative estimate of drug-likeness (QED) is 0.578. The Bertz CT molecular complexity index is 823. The highest BCUT2D eigenvalue weighted by Crippen LogP contribution is 2.27. The number of nitrogens with zero attached hydrogens (tertiary/aromatic N) is 1. The Morgan fingerprint density at radius 3 is 2.21 bits per heavy atom. The molecule has 156 valence electrons. The van der Waals surface area contributed by atoms with Gasteiger partial charge in [0.1, 0.15) is 11.8 Å². The lowest BCUT2D eigenvalue weighted by atomic mass is 10.1. The number of halogens is 3. The molecule has 1 N–H and O–H groups in total. The van der Waals surface area contributed by atoms with Crippen LogP contribution in [0.15, 0.2) is 42.5 Å². The lowest BCUT2D eigenvalue weighted by Crippen LogP contribution is -2.50. The summed E-state index contributed by atoms with van der Waals surface area (Å²) in [5, 5.41) is 4.20. The number of carbonyl (C=O) groups excluding carboxylic acids is 2. The van der Waals surface area contributed by atoms with Crippen molar-refractivity contribution in [1.82, 2.24) is 10.2 Å². The van der Waals surface area contributed by atoms with Crippen LogP contribution in [0.25, 0.3) is 0 Å². The standard InChI is InChI=1S/C21H23Cl3N2O3/c1-3-19(21(28)25-4-2)26(12-16-17(23)6-5-7-18(16)24)20(27)13-29-15-10-8-14(22)9-11-15/h5-11,19H,3-4,12-13H2,1-2H3,(H,25,28)/t19-/m1/s1. The Hall–Kier alpha value is -1.95. The zero-order chi connectivity index (χ0) is 21.4. The van der Waals surface area contributed by atoms with Crippen molar-refractivity contribution in [3.05, 3.63) is 63.1 Å². The van der Waals surface area contributed by atoms with E-state index in [1.807, 2.05) is 13.8 Å². The van der Waals surface area contributed by atoms with Crippen molar-refractivity contribution >= 4 is 46.6 Å². The van der Waals surface area contributed by atoms with Gasteiger partial charge in [-0.15, -0.1) is 0 Å². The number of amides is 2. The average Bonchev–Trinajstić information content (AvgIpc) is 2.69. The molecule has 0 saturated carbocycles. The zero-order valence-electron chi connectivity index (χ0n) is 16.3. The van der Waals surface area contributed by atoms with Crippen LogP contribution in [0.1, 0.15) is 25.8 Å². The maximum Gasteiger partial charge on any atom is 0.261 e. The zero-order valence-corrected chi connectivity index (χ0v) is 18.5. The van der Waals surface area contributed by atoms with Crippen molar-refractivity contribution in [2.75, 3.05) is 13.2 Å². The molecule has 2 aromatic rings. The van der Waals surface area contributed by atoms with E-state index in [0.717, 1.165) is 0 Å². The second kappa shape index (κ2) is 11.3. The number of benzene rings is 2. The third-order valence-electron chi connectivity index (χ3n) is 4.30. The molecule has 2 amide bonds. The van der Waals surface area contributed by atoms with Crippen LogP contribution >= 0.6 is 34.8 Å². The summed E-state index contributed by atoms with van der Waals surface area (Å²) in [7, 11) is 0. The van der Waals surface area contributed by atoms with Crippen LogP contribution in [0.5, 0.6) is 5.75 Å². The van der Waals surface area contributed by atoms with E-state index < -0.39 is 6.04 Å². The molecule has 0 fully saturated rings. The van der Waals surface area contributed by atoms with E-state index in [9.17, 15) is 9.59 Å². The third kappa shape index (κ3) is 6.53. The highest BCUT2D eigenvalue weighted by molar-refractivity contribution is 6.36. The van der Waals surface area contributed by atoms with Gasteiger partial charge in [0.2, 0.25) is 5.91 Å². The molecular formula is C21H23Cl3N2O3. The molecule has 0 saturated heterocycles. The van der Waals surface area contributed by atoms with E-state index in [-0.39, 0.29) is 25.0 Å². The van der Waals surface area contributed by atoms with Gasteiger partial charge in [-0.25, -0.2) is 0 Å². The Morgan fingerprint density at radius 1 is 1.03 bits per heavy atom. The molecule has 2 rings (SSSR count). The number of rotatable bonds is 9. The SMILES string of the molecule is CCNC(=O)[C@@H](CC)N(Cc1c(Cl)cccc1Cl)C(=O)COc1ccc(Cl)cc1. The number of likely N-dealkylation sites (N-methyl/N-ethyl adjacent to an activating group) is 1. The number of hydrogen-bond acceptors (Lipinski definition) is 3. The summed E-state index contributed by atoms with van der Waals surface area (Å²) in [6.45, 7) is 3.99. The van der Waals surface area contributed by atoms with Gasteiger partial charge in [-0.2, -0.15) is 0 Å². The Kier molecular flexibility index (Phi) is 9.08. The Morgan fingerprint density at radius 2 is 1.66 bits per heavy atom. The molecule has 1 atom stereocenters. The minimum Gasteiger partial charge on any atom is -0.484 e. The van der Waals surface area contributed by atoms with E-state index >= 15 is 0 Å². The van der Waals surface area contributed by atoms with Crippen LogP contribution in [-0.2, 0) is 16.1 Å². The predicted octanol–water partition coefficient (Wildman–Crippen LogP) is 4.97. The van der Waals surface area contributed by atoms with Gasteiger partial charge in [0.25, 0.3) is 5.91 Å². The van der Waals surface area contributed by atoms with Crippen LogP contribution in [0, 0.1) is 0 Å². The van der Waals surface area contributed by atoms with Gasteiger partial charge < -0.3 is 15.0 Å². The Labute approximate surface area is 185 Å². The third-order valence-corrected chi connectivity index (χ3v) is 5.26. The molecule has 29 heavy (non-hydrogen) atoms. The van der Waals surface area contributed by atoms with Crippen molar-refractivity contribution in [1.29, 1.82) is 0 Å². The predicted molar refractivity (Wildman–Crippen MR) is 117 cm³/mol. The normalized spacial score (nSPS) is 11.6. The minimum absolute atomic E-state index is 0.0942. The summed E-state index contributed by atoms with van der Waals surface area (Å²) in [5.74, 6) is -0.0865. The number of carbonyl (C=O) groups is 2. The van der Waals surface area contributed by atoms with E-state index in [1.54, 1.807) is 42.5 Å². The molecule has 0 heterocycles. The highest BCUT2D eigenvalue weighted by Gasteiger charge is 2.29. The summed E-state index contributed by atoms with van der Waals surface area (Å²) in [6.07, 6.45) is 0.431. The van der Waals surface area contributed by atoms with Crippen LogP contribution < -0.4 is 10.1 Å². The van der Waals surface area contributed by atoms with Gasteiger partial charge >= 0.3 is 0 Å². The second-order valence-corrected chi connectivity index (χ2v) is 7.53. The number of nitrogens with one attached hydrogen (secondary N) is 1. The molecule has 2 aromatic carbocycles. The molecule has 0 bridgehead atoms. The van der Waals surface area contributed by atoms with E-state index in [4.69, 9.17) is 39.5 Å². The fourth-order valence-corrected chi connectivity index (χ4v) is 3.47. The van der Waals surface area contributed by atoms with Crippen LogP contribution in [0.2, 0.25) is 15.1 Å². The van der Waals surface area contributed by atoms with Crippen molar-refractivity contribution < 1.29 is 14.3 Å². The summed E-state index contributed by atoms with van der Waals surface area (Å²) in [5.41, 5.74) is 0.582. The van der Waals surface area contributed by atoms with Gasteiger partial charge in [-0.05, 0) is 49.7 Å². The molecule has 0 aliphatic carbocycles. The van der Waals surface area contributed by atoms with Gasteiger partial charge in [0.05, 0.1) is 0 Å². The topological polar surface area (TPSA) is 58.6 Å². The maximum atomic E-state index is 13.0. The van der Waals surface area contributed by atoms with Gasteiger partial charge in [-0.3, -0.25) is 9.59 Å². The molecule has 0 aliphatic heterocycles. The largest absolute Gasteiger partial charge is 0.484 e. The molecular weight excluding hydrogens is 435 g/mol. The lowest BCUT2D eigenvalue weighted by Gasteiger charge is -2.31. The number of ether oxygens (including phenoxy) is 1. The summed E-state index contributed by atoms with van der Waals surface area (Å²) < 4.78 is 5.59. The molecule has 0 spiro atoms. The van der Waals surface area contributed by atoms with Gasteiger partial charge in [0.15, 0.2) is 6.61 Å². The second-order valence-electron chi connectivity index (χ2n) is 6.28. The van der Waals surface area contributed by atoms with Crippen molar-refractivity contribution in [3.63, 3.8) is 0 Å². The first-order chi connectivity index (χ1) is 13.9. The van der Waals surface area contributed by atoms with Crippen LogP contribution in [-0.4, -0.2) is 35.9 Å². The first-order valence-electron chi connectivity index (χ1n) is 9.25. The molecule has 5 nitrogen and oxygen atoms in total. The maximum absolute atomic E-state index is 13.0. The lowest BCUT2D eigenvalue weighted by molar-refractivity contribution is -0.142. The highest BCUT2D eigenvalue weighted by atomic mass is 35.5. The van der Waals surface area contributed by atoms with Gasteiger partial charge in [0, 0.05) is 33.7 Å². The fourth-order valence-electron chi connectivity index (χ4n) is 2.82. The minimum atomic E-state index is -0.677.